The molecule has 0 saturated carbocycles. The lowest BCUT2D eigenvalue weighted by atomic mass is 10.3. The van der Waals surface area contributed by atoms with E-state index in [4.69, 9.17) is 0 Å². The first kappa shape index (κ1) is 8.07. The van der Waals surface area contributed by atoms with E-state index in [1.54, 1.807) is 0 Å². The standard InChI is InChI=1S/C9H12N4/c1-10-6-9-12-5-8(13-9)7-3-2-4-11-7/h2-5,10-11H,6H2,1H3,(H,12,13). The van der Waals surface area contributed by atoms with E-state index in [0.29, 0.717) is 0 Å². The van der Waals surface area contributed by atoms with Gasteiger partial charge in [-0.3, -0.25) is 0 Å². The van der Waals surface area contributed by atoms with Gasteiger partial charge in [0, 0.05) is 6.20 Å². The third-order valence-corrected chi connectivity index (χ3v) is 1.86. The highest BCUT2D eigenvalue weighted by Crippen LogP contribution is 2.13. The fourth-order valence-corrected chi connectivity index (χ4v) is 1.25. The van der Waals surface area contributed by atoms with Gasteiger partial charge in [0.2, 0.25) is 0 Å². The number of nitrogens with one attached hydrogen (secondary N) is 3. The molecule has 0 aromatic carbocycles. The number of hydrogen-bond acceptors (Lipinski definition) is 2. The van der Waals surface area contributed by atoms with Gasteiger partial charge in [-0.15, -0.1) is 0 Å². The monoisotopic (exact) mass is 176 g/mol. The summed E-state index contributed by atoms with van der Waals surface area (Å²) in [4.78, 5) is 10.6. The average Bonchev–Trinajstić information content (AvgIpc) is 2.70. The Hall–Kier alpha value is -1.55. The normalized spacial score (nSPS) is 10.5. The summed E-state index contributed by atoms with van der Waals surface area (Å²) in [6.45, 7) is 0.765. The van der Waals surface area contributed by atoms with Crippen molar-refractivity contribution in [2.24, 2.45) is 0 Å². The van der Waals surface area contributed by atoms with Crippen LogP contribution < -0.4 is 5.32 Å². The van der Waals surface area contributed by atoms with Crippen molar-refractivity contribution >= 4 is 0 Å². The Morgan fingerprint density at radius 1 is 1.46 bits per heavy atom. The molecule has 68 valence electrons. The number of hydrogen-bond donors (Lipinski definition) is 3. The molecule has 0 radical (unpaired) electrons. The van der Waals surface area contributed by atoms with Crippen molar-refractivity contribution in [1.82, 2.24) is 20.3 Å². The van der Waals surface area contributed by atoms with Crippen LogP contribution in [-0.4, -0.2) is 22.0 Å². The van der Waals surface area contributed by atoms with Crippen LogP contribution in [0.15, 0.2) is 24.5 Å². The highest BCUT2D eigenvalue weighted by Gasteiger charge is 2.01. The van der Waals surface area contributed by atoms with Gasteiger partial charge in [0.1, 0.15) is 5.82 Å². The maximum atomic E-state index is 4.22. The second kappa shape index (κ2) is 3.45. The van der Waals surface area contributed by atoms with E-state index < -0.39 is 0 Å². The number of aromatic nitrogens is 3. The quantitative estimate of drug-likeness (QED) is 0.656. The van der Waals surface area contributed by atoms with Gasteiger partial charge >= 0.3 is 0 Å². The minimum absolute atomic E-state index is 0.765. The first-order valence-corrected chi connectivity index (χ1v) is 4.22. The first-order valence-electron chi connectivity index (χ1n) is 4.22. The van der Waals surface area contributed by atoms with Crippen molar-refractivity contribution < 1.29 is 0 Å². The van der Waals surface area contributed by atoms with Gasteiger partial charge in [-0.25, -0.2) is 4.98 Å². The summed E-state index contributed by atoms with van der Waals surface area (Å²) < 4.78 is 0. The van der Waals surface area contributed by atoms with Crippen LogP contribution in [0.3, 0.4) is 0 Å². The number of nitrogens with zero attached hydrogens (tertiary/aromatic N) is 1. The Morgan fingerprint density at radius 2 is 2.38 bits per heavy atom. The summed E-state index contributed by atoms with van der Waals surface area (Å²) in [6.07, 6.45) is 3.73. The van der Waals surface area contributed by atoms with E-state index >= 15 is 0 Å². The van der Waals surface area contributed by atoms with Gasteiger partial charge in [-0.05, 0) is 19.2 Å². The molecule has 0 saturated heterocycles. The Kier molecular flexibility index (Phi) is 2.14. The summed E-state index contributed by atoms with van der Waals surface area (Å²) in [5, 5.41) is 3.04. The van der Waals surface area contributed by atoms with Crippen molar-refractivity contribution in [1.29, 1.82) is 0 Å². The van der Waals surface area contributed by atoms with Crippen LogP contribution in [0, 0.1) is 0 Å². The van der Waals surface area contributed by atoms with Gasteiger partial charge in [0.05, 0.1) is 24.1 Å². The number of aromatic amines is 2. The molecule has 0 aliphatic carbocycles. The first-order chi connectivity index (χ1) is 6.40. The van der Waals surface area contributed by atoms with Crippen molar-refractivity contribution in [3.63, 3.8) is 0 Å². The molecule has 0 aliphatic heterocycles. The molecule has 0 atom stereocenters. The van der Waals surface area contributed by atoms with E-state index in [9.17, 15) is 0 Å². The molecule has 0 bridgehead atoms. The average molecular weight is 176 g/mol. The number of H-pyrrole nitrogens is 2. The van der Waals surface area contributed by atoms with Gasteiger partial charge < -0.3 is 15.3 Å². The SMILES string of the molecule is CNCc1ncc(-c2ccc[nH]2)[nH]1. The summed E-state index contributed by atoms with van der Waals surface area (Å²) in [5.41, 5.74) is 2.09. The van der Waals surface area contributed by atoms with Gasteiger partial charge in [-0.1, -0.05) is 0 Å². The number of rotatable bonds is 3. The maximum absolute atomic E-state index is 4.22. The molecule has 13 heavy (non-hydrogen) atoms. The molecule has 4 nitrogen and oxygen atoms in total. The van der Waals surface area contributed by atoms with E-state index in [1.165, 1.54) is 0 Å². The van der Waals surface area contributed by atoms with E-state index in [0.717, 1.165) is 23.8 Å². The van der Waals surface area contributed by atoms with Gasteiger partial charge in [0.25, 0.3) is 0 Å². The molecule has 0 amide bonds. The lowest BCUT2D eigenvalue weighted by Gasteiger charge is -1.93. The Balaban J connectivity index is 2.23. The zero-order valence-electron chi connectivity index (χ0n) is 7.46. The maximum Gasteiger partial charge on any atom is 0.120 e. The Labute approximate surface area is 76.4 Å². The van der Waals surface area contributed by atoms with Crippen LogP contribution >= 0.6 is 0 Å². The molecule has 2 rings (SSSR count). The van der Waals surface area contributed by atoms with Crippen LogP contribution in [0.4, 0.5) is 0 Å². The molecule has 3 N–H and O–H groups in total. The third-order valence-electron chi connectivity index (χ3n) is 1.86. The highest BCUT2D eigenvalue weighted by molar-refractivity contribution is 5.53. The summed E-state index contributed by atoms with van der Waals surface area (Å²) in [7, 11) is 1.90. The topological polar surface area (TPSA) is 56.5 Å². The van der Waals surface area contributed by atoms with Crippen molar-refractivity contribution in [3.05, 3.63) is 30.4 Å². The van der Waals surface area contributed by atoms with Crippen molar-refractivity contribution in [3.8, 4) is 11.4 Å². The smallest absolute Gasteiger partial charge is 0.120 e. The van der Waals surface area contributed by atoms with Crippen LogP contribution in [0.25, 0.3) is 11.4 Å². The van der Waals surface area contributed by atoms with E-state index in [1.807, 2.05) is 31.6 Å². The molecular formula is C9H12N4. The minimum Gasteiger partial charge on any atom is -0.360 e. The molecule has 0 aliphatic rings. The lowest BCUT2D eigenvalue weighted by Crippen LogP contribution is -2.06. The second-order valence-corrected chi connectivity index (χ2v) is 2.86. The van der Waals surface area contributed by atoms with E-state index in [-0.39, 0.29) is 0 Å². The molecule has 0 fully saturated rings. The van der Waals surface area contributed by atoms with Crippen molar-refractivity contribution in [2.45, 2.75) is 6.54 Å². The summed E-state index contributed by atoms with van der Waals surface area (Å²) in [6, 6.07) is 3.98. The third kappa shape index (κ3) is 1.62. The fourth-order valence-electron chi connectivity index (χ4n) is 1.25. The Bertz CT molecular complexity index is 361. The van der Waals surface area contributed by atoms with Gasteiger partial charge in [0.15, 0.2) is 0 Å². The van der Waals surface area contributed by atoms with Crippen LogP contribution in [0.1, 0.15) is 5.82 Å². The number of imidazole rings is 1. The zero-order chi connectivity index (χ0) is 9.10. The fraction of sp³-hybridized carbons (Fsp3) is 0.222. The molecular weight excluding hydrogens is 164 g/mol. The molecule has 2 aromatic rings. The Morgan fingerprint density at radius 3 is 3.08 bits per heavy atom. The van der Waals surface area contributed by atoms with E-state index in [2.05, 4.69) is 20.3 Å². The lowest BCUT2D eigenvalue weighted by molar-refractivity contribution is 0.772. The molecule has 4 heteroatoms. The van der Waals surface area contributed by atoms with Crippen LogP contribution in [-0.2, 0) is 6.54 Å². The minimum atomic E-state index is 0.765. The van der Waals surface area contributed by atoms with Gasteiger partial charge in [-0.2, -0.15) is 0 Å². The zero-order valence-corrected chi connectivity index (χ0v) is 7.46. The van der Waals surface area contributed by atoms with Crippen LogP contribution in [0.2, 0.25) is 0 Å². The van der Waals surface area contributed by atoms with Crippen LogP contribution in [0.5, 0.6) is 0 Å². The molecule has 0 unspecified atom stereocenters. The summed E-state index contributed by atoms with van der Waals surface area (Å²) >= 11 is 0. The second-order valence-electron chi connectivity index (χ2n) is 2.86. The largest absolute Gasteiger partial charge is 0.360 e. The highest BCUT2D eigenvalue weighted by atomic mass is 15.0. The molecule has 2 heterocycles. The predicted octanol–water partition coefficient (Wildman–Crippen LogP) is 1.12. The van der Waals surface area contributed by atoms with Crippen molar-refractivity contribution in [2.75, 3.05) is 7.05 Å². The molecule has 2 aromatic heterocycles. The molecule has 0 spiro atoms. The predicted molar refractivity (Wildman–Crippen MR) is 51.1 cm³/mol. The summed E-state index contributed by atoms with van der Waals surface area (Å²) in [5.74, 6) is 0.951.